The molecule has 0 aromatic carbocycles. The lowest BCUT2D eigenvalue weighted by Crippen LogP contribution is -2.59. The van der Waals surface area contributed by atoms with Crippen molar-refractivity contribution >= 4 is 29.6 Å². The highest BCUT2D eigenvalue weighted by Gasteiger charge is 2.41. The Morgan fingerprint density at radius 3 is 2.09 bits per heavy atom. The first-order chi connectivity index (χ1) is 16.1. The van der Waals surface area contributed by atoms with Crippen molar-refractivity contribution in [2.75, 3.05) is 27.2 Å². The Morgan fingerprint density at radius 1 is 1.06 bits per heavy atom. The van der Waals surface area contributed by atoms with Crippen molar-refractivity contribution in [2.45, 2.75) is 77.7 Å². The van der Waals surface area contributed by atoms with Gasteiger partial charge in [-0.2, -0.15) is 0 Å². The predicted molar refractivity (Wildman–Crippen MR) is 128 cm³/mol. The van der Waals surface area contributed by atoms with Gasteiger partial charge < -0.3 is 36.0 Å². The number of carboxylic acid groups (broad SMARTS) is 1. The van der Waals surface area contributed by atoms with Gasteiger partial charge in [0, 0.05) is 20.6 Å². The molecule has 0 aliphatic carbocycles. The standard InChI is InChI=1S/C23H41N5O7/c1-12(2)18(25-20(31)17(24)14(5)29)22(33)28-10-8-9-15(28)21(32)26(6)11-16(30)27(7)19(13(3)4)23(34)35/h12-15,17-19,29H,8-11,24H2,1-7H3,(H,25,31)(H,34,35). The number of aliphatic hydroxyl groups excluding tert-OH is 1. The van der Waals surface area contributed by atoms with Gasteiger partial charge in [0.25, 0.3) is 0 Å². The Kier molecular flexibility index (Phi) is 11.1. The number of nitrogens with two attached hydrogens (primary N) is 1. The maximum Gasteiger partial charge on any atom is 0.326 e. The summed E-state index contributed by atoms with van der Waals surface area (Å²) in [7, 11) is 2.82. The van der Waals surface area contributed by atoms with Crippen LogP contribution in [0.4, 0.5) is 0 Å². The minimum atomic E-state index is -1.20. The van der Waals surface area contributed by atoms with E-state index in [0.717, 1.165) is 4.90 Å². The zero-order valence-corrected chi connectivity index (χ0v) is 21.7. The van der Waals surface area contributed by atoms with Crippen LogP contribution in [0.5, 0.6) is 0 Å². The predicted octanol–water partition coefficient (Wildman–Crippen LogP) is -1.15. The fraction of sp³-hybridized carbons (Fsp3) is 0.783. The van der Waals surface area contributed by atoms with Gasteiger partial charge in [-0.1, -0.05) is 27.7 Å². The van der Waals surface area contributed by atoms with Gasteiger partial charge in [0.2, 0.25) is 23.6 Å². The molecule has 5 N–H and O–H groups in total. The first kappa shape index (κ1) is 30.3. The van der Waals surface area contributed by atoms with Crippen molar-refractivity contribution in [3.8, 4) is 0 Å². The average molecular weight is 500 g/mol. The molecule has 0 bridgehead atoms. The number of nitrogens with zero attached hydrogens (tertiary/aromatic N) is 3. The Bertz CT molecular complexity index is 801. The highest BCUT2D eigenvalue weighted by Crippen LogP contribution is 2.22. The number of carboxylic acids is 1. The molecule has 0 aromatic rings. The van der Waals surface area contributed by atoms with E-state index < -0.39 is 59.9 Å². The van der Waals surface area contributed by atoms with Crippen LogP contribution in [-0.4, -0.2) is 112 Å². The summed E-state index contributed by atoms with van der Waals surface area (Å²) in [4.78, 5) is 66.8. The maximum absolute atomic E-state index is 13.3. The number of nitrogens with one attached hydrogen (secondary N) is 1. The minimum absolute atomic E-state index is 0.305. The summed E-state index contributed by atoms with van der Waals surface area (Å²) in [6.07, 6.45) is -0.126. The lowest BCUT2D eigenvalue weighted by molar-refractivity contribution is -0.153. The van der Waals surface area contributed by atoms with Crippen molar-refractivity contribution in [3.05, 3.63) is 0 Å². The van der Waals surface area contributed by atoms with Crippen molar-refractivity contribution in [1.29, 1.82) is 0 Å². The maximum atomic E-state index is 13.3. The zero-order valence-electron chi connectivity index (χ0n) is 21.7. The molecule has 12 heteroatoms. The molecule has 0 aromatic heterocycles. The molecule has 0 spiro atoms. The van der Waals surface area contributed by atoms with Gasteiger partial charge in [-0.3, -0.25) is 19.2 Å². The average Bonchev–Trinajstić information content (AvgIpc) is 3.24. The molecule has 1 aliphatic heterocycles. The van der Waals surface area contributed by atoms with E-state index in [0.29, 0.717) is 19.4 Å². The monoisotopic (exact) mass is 499 g/mol. The molecular weight excluding hydrogens is 458 g/mol. The van der Waals surface area contributed by atoms with E-state index in [2.05, 4.69) is 5.32 Å². The second-order valence-electron chi connectivity index (χ2n) is 9.91. The van der Waals surface area contributed by atoms with Gasteiger partial charge in [0.05, 0.1) is 12.6 Å². The summed E-state index contributed by atoms with van der Waals surface area (Å²) in [5, 5.41) is 21.6. The molecule has 1 heterocycles. The molecule has 1 fully saturated rings. The molecule has 12 nitrogen and oxygen atoms in total. The number of rotatable bonds is 11. The molecular formula is C23H41N5O7. The van der Waals surface area contributed by atoms with E-state index in [1.165, 1.54) is 30.8 Å². The van der Waals surface area contributed by atoms with Gasteiger partial charge in [-0.25, -0.2) is 4.79 Å². The third kappa shape index (κ3) is 7.63. The Labute approximate surface area is 206 Å². The van der Waals surface area contributed by atoms with Gasteiger partial charge in [0.1, 0.15) is 24.2 Å². The van der Waals surface area contributed by atoms with E-state index in [1.54, 1.807) is 27.7 Å². The summed E-state index contributed by atoms with van der Waals surface area (Å²) >= 11 is 0. The molecule has 5 atom stereocenters. The molecule has 0 saturated carbocycles. The smallest absolute Gasteiger partial charge is 0.326 e. The van der Waals surface area contributed by atoms with Crippen LogP contribution in [0.1, 0.15) is 47.5 Å². The first-order valence-electron chi connectivity index (χ1n) is 11.9. The van der Waals surface area contributed by atoms with Crippen LogP contribution >= 0.6 is 0 Å². The summed E-state index contributed by atoms with van der Waals surface area (Å²) in [5.41, 5.74) is 5.69. The van der Waals surface area contributed by atoms with Crippen molar-refractivity contribution in [3.63, 3.8) is 0 Å². The largest absolute Gasteiger partial charge is 0.480 e. The molecule has 35 heavy (non-hydrogen) atoms. The number of carbonyl (C=O) groups excluding carboxylic acids is 4. The fourth-order valence-electron chi connectivity index (χ4n) is 4.15. The molecule has 1 rings (SSSR count). The van der Waals surface area contributed by atoms with E-state index in [4.69, 9.17) is 5.73 Å². The van der Waals surface area contributed by atoms with Crippen LogP contribution in [0.3, 0.4) is 0 Å². The van der Waals surface area contributed by atoms with Crippen LogP contribution in [0.25, 0.3) is 0 Å². The quantitative estimate of drug-likeness (QED) is 0.276. The van der Waals surface area contributed by atoms with Crippen LogP contribution in [0.15, 0.2) is 0 Å². The Hall–Kier alpha value is -2.73. The molecule has 200 valence electrons. The van der Waals surface area contributed by atoms with Crippen molar-refractivity contribution in [1.82, 2.24) is 20.0 Å². The summed E-state index contributed by atoms with van der Waals surface area (Å²) < 4.78 is 0. The number of aliphatic carboxylic acids is 1. The van der Waals surface area contributed by atoms with Crippen LogP contribution in [0.2, 0.25) is 0 Å². The number of hydrogen-bond donors (Lipinski definition) is 4. The number of hydrogen-bond acceptors (Lipinski definition) is 7. The fourth-order valence-corrected chi connectivity index (χ4v) is 4.15. The second kappa shape index (κ2) is 12.8. The number of likely N-dealkylation sites (N-methyl/N-ethyl adjacent to an activating group) is 2. The van der Waals surface area contributed by atoms with Gasteiger partial charge in [-0.05, 0) is 31.6 Å². The Balaban J connectivity index is 2.96. The lowest BCUT2D eigenvalue weighted by Gasteiger charge is -2.33. The number of amides is 4. The Morgan fingerprint density at radius 2 is 1.63 bits per heavy atom. The SMILES string of the molecule is CC(C)C(NC(=O)C(N)C(C)O)C(=O)N1CCCC1C(=O)N(C)CC(=O)N(C)C(C(=O)O)C(C)C. The van der Waals surface area contributed by atoms with Crippen LogP contribution in [0, 0.1) is 11.8 Å². The second-order valence-corrected chi connectivity index (χ2v) is 9.91. The first-order valence-corrected chi connectivity index (χ1v) is 11.9. The zero-order chi connectivity index (χ0) is 27.2. The van der Waals surface area contributed by atoms with Crippen LogP contribution < -0.4 is 11.1 Å². The van der Waals surface area contributed by atoms with E-state index >= 15 is 0 Å². The molecule has 4 amide bonds. The highest BCUT2D eigenvalue weighted by atomic mass is 16.4. The summed E-state index contributed by atoms with van der Waals surface area (Å²) in [6.45, 7) is 8.23. The third-order valence-electron chi connectivity index (χ3n) is 6.32. The normalized spacial score (nSPS) is 19.2. The van der Waals surface area contributed by atoms with Crippen molar-refractivity contribution < 1.29 is 34.2 Å². The summed E-state index contributed by atoms with van der Waals surface area (Å²) in [6, 6.07) is -3.98. The van der Waals surface area contributed by atoms with Gasteiger partial charge >= 0.3 is 5.97 Å². The van der Waals surface area contributed by atoms with E-state index in [9.17, 15) is 34.2 Å². The number of aliphatic hydroxyl groups is 1. The lowest BCUT2D eigenvalue weighted by atomic mass is 10.0. The molecule has 0 radical (unpaired) electrons. The molecule has 1 aliphatic rings. The van der Waals surface area contributed by atoms with E-state index in [1.807, 2.05) is 0 Å². The number of carbonyl (C=O) groups is 5. The van der Waals surface area contributed by atoms with Gasteiger partial charge in [-0.15, -0.1) is 0 Å². The minimum Gasteiger partial charge on any atom is -0.480 e. The van der Waals surface area contributed by atoms with Crippen LogP contribution in [-0.2, 0) is 24.0 Å². The van der Waals surface area contributed by atoms with E-state index in [-0.39, 0.29) is 18.4 Å². The molecule has 5 unspecified atom stereocenters. The third-order valence-corrected chi connectivity index (χ3v) is 6.32. The summed E-state index contributed by atoms with van der Waals surface area (Å²) in [5.74, 6) is -3.84. The van der Waals surface area contributed by atoms with Crippen molar-refractivity contribution in [2.24, 2.45) is 17.6 Å². The topological polar surface area (TPSA) is 174 Å². The molecule has 1 saturated heterocycles. The number of likely N-dealkylation sites (tertiary alicyclic amines) is 1. The van der Waals surface area contributed by atoms with Gasteiger partial charge in [0.15, 0.2) is 0 Å². The highest BCUT2D eigenvalue weighted by molar-refractivity contribution is 5.95.